The van der Waals surface area contributed by atoms with Crippen LogP contribution < -0.4 is 0 Å². The van der Waals surface area contributed by atoms with E-state index < -0.39 is 39.8 Å². The van der Waals surface area contributed by atoms with Crippen LogP contribution in [-0.4, -0.2) is 49.7 Å². The fraction of sp³-hybridized carbons (Fsp3) is 0.400. The Morgan fingerprint density at radius 3 is 2.13 bits per heavy atom. The maximum atomic E-state index is 13.3. The van der Waals surface area contributed by atoms with Crippen LogP contribution in [0.15, 0.2) is 47.8 Å². The van der Waals surface area contributed by atoms with Gasteiger partial charge in [-0.3, -0.25) is 0 Å². The first-order valence-corrected chi connectivity index (χ1v) is 12.1. The minimum Gasteiger partial charge on any atom is -0.464 e. The third kappa shape index (κ3) is 3.76. The quantitative estimate of drug-likeness (QED) is 0.469. The van der Waals surface area contributed by atoms with Gasteiger partial charge in [0.2, 0.25) is 10.0 Å². The fourth-order valence-electron chi connectivity index (χ4n) is 3.52. The van der Waals surface area contributed by atoms with E-state index in [-0.39, 0.29) is 13.2 Å². The number of hydrogen-bond acceptors (Lipinski definition) is 8. The highest BCUT2D eigenvalue weighted by molar-refractivity contribution is 7.88. The SMILES string of the molecule is CCOC(=O)C1(C(=O)OCC)[C@H](c2cccs2)O[C@H](c2ccccc2)N1S(C)(=O)=O. The standard InChI is InChI=1S/C20H23NO7S2/c1-4-26-18(22)20(19(23)27-5-2)16(15-12-9-13-29-15)28-17(21(20)30(3,24)25)14-10-7-6-8-11-14/h6-13,16-17H,4-5H2,1-3H3/t16-,17+/m0/s1. The number of carbonyl (C=O) groups excluding carboxylic acids is 2. The van der Waals surface area contributed by atoms with Crippen molar-refractivity contribution in [1.29, 1.82) is 0 Å². The third-order valence-electron chi connectivity index (χ3n) is 4.62. The molecule has 10 heteroatoms. The second kappa shape index (κ2) is 8.84. The number of hydrogen-bond donors (Lipinski definition) is 0. The van der Waals surface area contributed by atoms with Crippen molar-refractivity contribution in [2.45, 2.75) is 31.7 Å². The Morgan fingerprint density at radius 1 is 1.07 bits per heavy atom. The van der Waals surface area contributed by atoms with E-state index in [4.69, 9.17) is 14.2 Å². The number of benzene rings is 1. The van der Waals surface area contributed by atoms with Crippen LogP contribution in [0.1, 0.15) is 36.6 Å². The van der Waals surface area contributed by atoms with Gasteiger partial charge in [0.15, 0.2) is 6.23 Å². The smallest absolute Gasteiger partial charge is 0.342 e. The topological polar surface area (TPSA) is 99.2 Å². The Kier molecular flexibility index (Phi) is 6.61. The van der Waals surface area contributed by atoms with Gasteiger partial charge in [-0.2, -0.15) is 0 Å². The lowest BCUT2D eigenvalue weighted by atomic mass is 9.91. The molecular formula is C20H23NO7S2. The summed E-state index contributed by atoms with van der Waals surface area (Å²) in [4.78, 5) is 27.1. The molecule has 0 saturated carbocycles. The summed E-state index contributed by atoms with van der Waals surface area (Å²) >= 11 is 1.24. The van der Waals surface area contributed by atoms with Gasteiger partial charge in [0.25, 0.3) is 5.54 Å². The molecule has 1 fully saturated rings. The average molecular weight is 454 g/mol. The van der Waals surface area contributed by atoms with Crippen LogP contribution in [0.25, 0.3) is 0 Å². The molecule has 1 aliphatic rings. The summed E-state index contributed by atoms with van der Waals surface area (Å²) in [6.07, 6.45) is -1.53. The zero-order valence-electron chi connectivity index (χ0n) is 16.8. The first-order chi connectivity index (χ1) is 14.3. The molecular weight excluding hydrogens is 430 g/mol. The van der Waals surface area contributed by atoms with Gasteiger partial charge in [-0.1, -0.05) is 36.4 Å². The Hall–Kier alpha value is -2.27. The zero-order valence-corrected chi connectivity index (χ0v) is 18.4. The molecule has 0 N–H and O–H groups in total. The molecule has 1 aromatic heterocycles. The maximum Gasteiger partial charge on any atom is 0.342 e. The number of carbonyl (C=O) groups is 2. The molecule has 1 aliphatic heterocycles. The first kappa shape index (κ1) is 22.4. The molecule has 1 saturated heterocycles. The monoisotopic (exact) mass is 453 g/mol. The van der Waals surface area contributed by atoms with Gasteiger partial charge in [-0.15, -0.1) is 15.6 Å². The molecule has 8 nitrogen and oxygen atoms in total. The van der Waals surface area contributed by atoms with Crippen molar-refractivity contribution in [3.05, 3.63) is 58.3 Å². The number of nitrogens with zero attached hydrogens (tertiary/aromatic N) is 1. The molecule has 0 aliphatic carbocycles. The van der Waals surface area contributed by atoms with Gasteiger partial charge in [0.1, 0.15) is 6.10 Å². The molecule has 0 bridgehead atoms. The van der Waals surface area contributed by atoms with Crippen LogP contribution in [0.5, 0.6) is 0 Å². The number of esters is 2. The molecule has 2 heterocycles. The van der Waals surface area contributed by atoms with E-state index in [0.717, 1.165) is 10.6 Å². The summed E-state index contributed by atoms with van der Waals surface area (Å²) in [5.41, 5.74) is -1.88. The Morgan fingerprint density at radius 2 is 1.67 bits per heavy atom. The average Bonchev–Trinajstić information content (AvgIpc) is 3.35. The summed E-state index contributed by atoms with van der Waals surface area (Å²) in [5.74, 6) is -2.07. The number of rotatable bonds is 7. The van der Waals surface area contributed by atoms with Crippen LogP contribution in [0.4, 0.5) is 0 Å². The zero-order chi connectivity index (χ0) is 21.9. The summed E-state index contributed by atoms with van der Waals surface area (Å²) in [5, 5.41) is 1.75. The fourth-order valence-corrected chi connectivity index (χ4v) is 5.63. The normalized spacial score (nSPS) is 21.3. The van der Waals surface area contributed by atoms with Crippen molar-refractivity contribution in [3.63, 3.8) is 0 Å². The summed E-state index contributed by atoms with van der Waals surface area (Å²) in [6, 6.07) is 11.9. The van der Waals surface area contributed by atoms with Crippen LogP contribution in [-0.2, 0) is 33.8 Å². The summed E-state index contributed by atoms with van der Waals surface area (Å²) in [7, 11) is -4.15. The van der Waals surface area contributed by atoms with E-state index in [9.17, 15) is 18.0 Å². The van der Waals surface area contributed by atoms with Gasteiger partial charge in [0, 0.05) is 4.88 Å². The Bertz CT molecular complexity index is 971. The summed E-state index contributed by atoms with van der Waals surface area (Å²) in [6.45, 7) is 3.05. The van der Waals surface area contributed by atoms with E-state index in [1.165, 1.54) is 11.3 Å². The number of thiophene rings is 1. The Balaban J connectivity index is 2.33. The van der Waals surface area contributed by atoms with Crippen LogP contribution in [0, 0.1) is 0 Å². The van der Waals surface area contributed by atoms with E-state index >= 15 is 0 Å². The van der Waals surface area contributed by atoms with E-state index in [1.54, 1.807) is 61.7 Å². The van der Waals surface area contributed by atoms with Crippen molar-refractivity contribution in [2.24, 2.45) is 0 Å². The highest BCUT2D eigenvalue weighted by Crippen LogP contribution is 2.52. The molecule has 0 amide bonds. The second-order valence-electron chi connectivity index (χ2n) is 6.56. The van der Waals surface area contributed by atoms with Crippen LogP contribution in [0.3, 0.4) is 0 Å². The lowest BCUT2D eigenvalue weighted by molar-refractivity contribution is -0.172. The Labute approximate surface area is 179 Å². The number of sulfonamides is 1. The lowest BCUT2D eigenvalue weighted by Gasteiger charge is -2.35. The predicted molar refractivity (Wildman–Crippen MR) is 110 cm³/mol. The van der Waals surface area contributed by atoms with Gasteiger partial charge in [-0.05, 0) is 30.9 Å². The van der Waals surface area contributed by atoms with E-state index in [1.807, 2.05) is 0 Å². The number of ether oxygens (including phenoxy) is 3. The molecule has 0 spiro atoms. The minimum atomic E-state index is -4.15. The largest absolute Gasteiger partial charge is 0.464 e. The maximum absolute atomic E-state index is 13.3. The molecule has 162 valence electrons. The van der Waals surface area contributed by atoms with Crippen molar-refractivity contribution < 1.29 is 32.2 Å². The highest BCUT2D eigenvalue weighted by Gasteiger charge is 2.71. The lowest BCUT2D eigenvalue weighted by Crippen LogP contribution is -2.62. The minimum absolute atomic E-state index is 0.0508. The molecule has 0 radical (unpaired) electrons. The van der Waals surface area contributed by atoms with Crippen molar-refractivity contribution >= 4 is 33.3 Å². The second-order valence-corrected chi connectivity index (χ2v) is 9.40. The van der Waals surface area contributed by atoms with Crippen molar-refractivity contribution in [1.82, 2.24) is 4.31 Å². The van der Waals surface area contributed by atoms with Crippen molar-refractivity contribution in [2.75, 3.05) is 19.5 Å². The van der Waals surface area contributed by atoms with Crippen LogP contribution >= 0.6 is 11.3 Å². The molecule has 1 aromatic carbocycles. The van der Waals surface area contributed by atoms with E-state index in [2.05, 4.69) is 0 Å². The summed E-state index contributed by atoms with van der Waals surface area (Å²) < 4.78 is 43.3. The molecule has 30 heavy (non-hydrogen) atoms. The van der Waals surface area contributed by atoms with Crippen molar-refractivity contribution in [3.8, 4) is 0 Å². The third-order valence-corrected chi connectivity index (χ3v) is 6.73. The van der Waals surface area contributed by atoms with Crippen LogP contribution in [0.2, 0.25) is 0 Å². The molecule has 0 unspecified atom stereocenters. The molecule has 3 rings (SSSR count). The van der Waals surface area contributed by atoms with Gasteiger partial charge in [-0.25, -0.2) is 18.0 Å². The van der Waals surface area contributed by atoms with Gasteiger partial charge < -0.3 is 14.2 Å². The van der Waals surface area contributed by atoms with Gasteiger partial charge in [0.05, 0.1) is 19.5 Å². The first-order valence-electron chi connectivity index (χ1n) is 9.36. The molecule has 2 aromatic rings. The van der Waals surface area contributed by atoms with E-state index in [0.29, 0.717) is 10.4 Å². The predicted octanol–water partition coefficient (Wildman–Crippen LogP) is 2.64. The van der Waals surface area contributed by atoms with Gasteiger partial charge >= 0.3 is 11.9 Å². The highest BCUT2D eigenvalue weighted by atomic mass is 32.2. The molecule has 2 atom stereocenters.